The van der Waals surface area contributed by atoms with Crippen LogP contribution in [0.4, 0.5) is 21.0 Å². The van der Waals surface area contributed by atoms with Crippen LogP contribution in [0.3, 0.4) is 0 Å². The van der Waals surface area contributed by atoms with Crippen LogP contribution < -0.4 is 20.1 Å². The summed E-state index contributed by atoms with van der Waals surface area (Å²) in [6, 6.07) is 7.01. The normalized spacial score (nSPS) is 13.0. The Labute approximate surface area is 255 Å². The number of carboxylic acid groups (broad SMARTS) is 2. The van der Waals surface area contributed by atoms with Crippen molar-refractivity contribution in [2.45, 2.75) is 77.7 Å². The van der Waals surface area contributed by atoms with Gasteiger partial charge in [-0.1, -0.05) is 12.1 Å². The van der Waals surface area contributed by atoms with Crippen molar-refractivity contribution >= 4 is 35.5 Å². The van der Waals surface area contributed by atoms with Crippen LogP contribution in [0.5, 0.6) is 11.5 Å². The number of hydrogen-bond donors (Lipinski definition) is 4. The maximum atomic E-state index is 12.2. The van der Waals surface area contributed by atoms with Gasteiger partial charge in [-0.3, -0.25) is 0 Å². The zero-order chi connectivity index (χ0) is 33.2. The predicted molar refractivity (Wildman–Crippen MR) is 159 cm³/mol. The number of aliphatic carboxylic acids is 2. The number of carbonyl (C=O) groups is 4. The molecule has 0 aliphatic carbocycles. The molecule has 0 aliphatic heterocycles. The first-order valence-electron chi connectivity index (χ1n) is 13.6. The van der Waals surface area contributed by atoms with E-state index in [1.807, 2.05) is 0 Å². The number of hydrogen-bond acceptors (Lipinski definition) is 10. The number of ether oxygens (including phenoxy) is 4. The third-order valence-electron chi connectivity index (χ3n) is 5.61. The molecule has 2 aromatic carbocycles. The van der Waals surface area contributed by atoms with Gasteiger partial charge in [-0.15, -0.1) is 10.2 Å². The molecule has 14 nitrogen and oxygen atoms in total. The number of carbonyl (C=O) groups excluding carboxylic acids is 2. The molecule has 44 heavy (non-hydrogen) atoms. The minimum atomic E-state index is -1.28. The van der Waals surface area contributed by atoms with E-state index in [2.05, 4.69) is 20.9 Å². The molecule has 0 bridgehead atoms. The number of amides is 2. The Morgan fingerprint density at radius 3 is 1.30 bits per heavy atom. The van der Waals surface area contributed by atoms with Crippen molar-refractivity contribution in [3.63, 3.8) is 0 Å². The topological polar surface area (TPSA) is 194 Å². The van der Waals surface area contributed by atoms with Crippen molar-refractivity contribution in [2.24, 2.45) is 10.2 Å². The van der Waals surface area contributed by atoms with Gasteiger partial charge >= 0.3 is 24.1 Å². The molecule has 2 rings (SSSR count). The van der Waals surface area contributed by atoms with Crippen molar-refractivity contribution in [3.8, 4) is 11.5 Å². The molecule has 0 saturated carbocycles. The second-order valence-electron chi connectivity index (χ2n) is 11.7. The second kappa shape index (κ2) is 15.0. The van der Waals surface area contributed by atoms with E-state index in [4.69, 9.17) is 18.9 Å². The standard InChI is InChI=1S/C30H40N4O10/c1-29(2,3)43-27(39)31-21(25(35)36)15-17-9-11-23(41-7)19(13-17)33-34-20-14-18(10-12-24(20)42-8)16-22(26(37)38)32-28(40)44-30(4,5)6/h9-14,21-22H,15-16H2,1-8H3,(H,31,39)(H,32,40)(H,35,36)(H,37,38)/t21-,22-/m0/s1. The van der Waals surface area contributed by atoms with Gasteiger partial charge in [-0.2, -0.15) is 0 Å². The lowest BCUT2D eigenvalue weighted by atomic mass is 10.0. The number of carboxylic acids is 2. The quantitative estimate of drug-likeness (QED) is 0.231. The van der Waals surface area contributed by atoms with E-state index in [9.17, 15) is 29.4 Å². The highest BCUT2D eigenvalue weighted by Gasteiger charge is 2.26. The minimum absolute atomic E-state index is 0.0822. The van der Waals surface area contributed by atoms with Crippen LogP contribution in [-0.2, 0) is 31.9 Å². The molecule has 0 aliphatic rings. The largest absolute Gasteiger partial charge is 0.494 e. The van der Waals surface area contributed by atoms with Gasteiger partial charge in [0.25, 0.3) is 0 Å². The summed E-state index contributed by atoms with van der Waals surface area (Å²) in [5.41, 5.74) is -0.0597. The fourth-order valence-corrected chi connectivity index (χ4v) is 3.76. The number of benzene rings is 2. The molecule has 4 N–H and O–H groups in total. The lowest BCUT2D eigenvalue weighted by molar-refractivity contribution is -0.140. The summed E-state index contributed by atoms with van der Waals surface area (Å²) in [5, 5.41) is 32.6. The van der Waals surface area contributed by atoms with Crippen LogP contribution in [0.25, 0.3) is 0 Å². The number of alkyl carbamates (subject to hydrolysis) is 2. The summed E-state index contributed by atoms with van der Waals surface area (Å²) in [5.74, 6) is -1.83. The zero-order valence-electron chi connectivity index (χ0n) is 26.1. The highest BCUT2D eigenvalue weighted by molar-refractivity contribution is 5.81. The van der Waals surface area contributed by atoms with E-state index in [1.165, 1.54) is 14.2 Å². The lowest BCUT2D eigenvalue weighted by Crippen LogP contribution is -2.44. The smallest absolute Gasteiger partial charge is 0.408 e. The number of nitrogens with one attached hydrogen (secondary N) is 2. The Morgan fingerprint density at radius 1 is 0.682 bits per heavy atom. The van der Waals surface area contributed by atoms with E-state index in [1.54, 1.807) is 77.9 Å². The van der Waals surface area contributed by atoms with Crippen LogP contribution in [-0.4, -0.2) is 71.8 Å². The number of methoxy groups -OCH3 is 2. The first kappa shape index (κ1) is 35.3. The molecular weight excluding hydrogens is 576 g/mol. The van der Waals surface area contributed by atoms with E-state index in [-0.39, 0.29) is 24.2 Å². The molecule has 14 heteroatoms. The van der Waals surface area contributed by atoms with Gasteiger partial charge < -0.3 is 39.8 Å². The van der Waals surface area contributed by atoms with Crippen LogP contribution in [0, 0.1) is 0 Å². The van der Waals surface area contributed by atoms with Crippen LogP contribution >= 0.6 is 0 Å². The van der Waals surface area contributed by atoms with Crippen molar-refractivity contribution in [1.82, 2.24) is 10.6 Å². The number of nitrogens with zero attached hydrogens (tertiary/aromatic N) is 2. The Hall–Kier alpha value is -4.88. The summed E-state index contributed by atoms with van der Waals surface area (Å²) >= 11 is 0. The van der Waals surface area contributed by atoms with Crippen molar-refractivity contribution < 1.29 is 48.3 Å². The first-order chi connectivity index (χ1) is 20.4. The van der Waals surface area contributed by atoms with Crippen molar-refractivity contribution in [2.75, 3.05) is 14.2 Å². The number of rotatable bonds is 12. The molecule has 2 aromatic rings. The summed E-state index contributed by atoms with van der Waals surface area (Å²) in [7, 11) is 2.87. The molecule has 0 aromatic heterocycles. The van der Waals surface area contributed by atoms with E-state index >= 15 is 0 Å². The Balaban J connectivity index is 2.32. The van der Waals surface area contributed by atoms with Crippen LogP contribution in [0.15, 0.2) is 46.6 Å². The molecule has 240 valence electrons. The zero-order valence-corrected chi connectivity index (χ0v) is 26.1. The van der Waals surface area contributed by atoms with Gasteiger partial charge in [0.15, 0.2) is 0 Å². The predicted octanol–water partition coefficient (Wildman–Crippen LogP) is 5.16. The first-order valence-corrected chi connectivity index (χ1v) is 13.6. The molecule has 0 saturated heterocycles. The van der Waals surface area contributed by atoms with Crippen molar-refractivity contribution in [3.05, 3.63) is 47.5 Å². The fourth-order valence-electron chi connectivity index (χ4n) is 3.76. The third-order valence-corrected chi connectivity index (χ3v) is 5.61. The monoisotopic (exact) mass is 616 g/mol. The van der Waals surface area contributed by atoms with Gasteiger partial charge in [0, 0.05) is 12.8 Å². The summed E-state index contributed by atoms with van der Waals surface area (Å²) in [4.78, 5) is 48.0. The van der Waals surface area contributed by atoms with Crippen molar-refractivity contribution in [1.29, 1.82) is 0 Å². The Kier molecular flexibility index (Phi) is 12.1. The molecule has 0 fully saturated rings. The second-order valence-corrected chi connectivity index (χ2v) is 11.7. The minimum Gasteiger partial charge on any atom is -0.494 e. The van der Waals surface area contributed by atoms with Crippen LogP contribution in [0.1, 0.15) is 52.7 Å². The summed E-state index contributed by atoms with van der Waals surface area (Å²) < 4.78 is 21.1. The maximum Gasteiger partial charge on any atom is 0.408 e. The Bertz CT molecular complexity index is 1280. The van der Waals surface area contributed by atoms with E-state index in [0.717, 1.165) is 0 Å². The Morgan fingerprint density at radius 2 is 1.02 bits per heavy atom. The highest BCUT2D eigenvalue weighted by atomic mass is 16.6. The highest BCUT2D eigenvalue weighted by Crippen LogP contribution is 2.34. The van der Waals surface area contributed by atoms with Gasteiger partial charge in [-0.25, -0.2) is 19.2 Å². The van der Waals surface area contributed by atoms with Gasteiger partial charge in [0.1, 0.15) is 46.2 Å². The average Bonchev–Trinajstić information content (AvgIpc) is 2.89. The summed E-state index contributed by atoms with van der Waals surface area (Å²) in [6.45, 7) is 10.00. The van der Waals surface area contributed by atoms with E-state index < -0.39 is 47.4 Å². The lowest BCUT2D eigenvalue weighted by Gasteiger charge is -2.22. The maximum absolute atomic E-state index is 12.2. The van der Waals surface area contributed by atoms with Crippen LogP contribution in [0.2, 0.25) is 0 Å². The number of azo groups is 1. The SMILES string of the molecule is COc1ccc(C[C@H](NC(=O)OC(C)(C)C)C(=O)O)cc1N=Nc1cc(C[C@H](NC(=O)OC(C)(C)C)C(=O)O)ccc1OC. The average molecular weight is 617 g/mol. The van der Waals surface area contributed by atoms with Gasteiger partial charge in [-0.05, 0) is 76.9 Å². The molecule has 0 radical (unpaired) electrons. The molecule has 0 unspecified atom stereocenters. The third kappa shape index (κ3) is 11.8. The molecule has 2 atom stereocenters. The summed E-state index contributed by atoms with van der Waals surface area (Å²) in [6.07, 6.45) is -1.89. The molecule has 0 spiro atoms. The van der Waals surface area contributed by atoms with E-state index in [0.29, 0.717) is 22.6 Å². The molecule has 0 heterocycles. The fraction of sp³-hybridized carbons (Fsp3) is 0.467. The van der Waals surface area contributed by atoms with Gasteiger partial charge in [0.05, 0.1) is 14.2 Å². The molecular formula is C30H40N4O10. The van der Waals surface area contributed by atoms with Gasteiger partial charge in [0.2, 0.25) is 0 Å². The molecule has 2 amide bonds.